The number of fused-ring (bicyclic) bond motifs is 1. The van der Waals surface area contributed by atoms with Gasteiger partial charge in [0.1, 0.15) is 0 Å². The van der Waals surface area contributed by atoms with E-state index in [9.17, 15) is 14.4 Å². The molecular formula is C17H19ClN4O3S. The third-order valence-corrected chi connectivity index (χ3v) is 5.40. The largest absolute Gasteiger partial charge is 0.336 e. The highest BCUT2D eigenvalue weighted by atomic mass is 35.5. The predicted molar refractivity (Wildman–Crippen MR) is 102 cm³/mol. The molecule has 2 aromatic rings. The van der Waals surface area contributed by atoms with Gasteiger partial charge in [-0.15, -0.1) is 0 Å². The molecule has 1 aromatic heterocycles. The number of thioether (sulfide) groups is 1. The highest BCUT2D eigenvalue weighted by molar-refractivity contribution is 8.00. The van der Waals surface area contributed by atoms with Crippen LogP contribution in [0.1, 0.15) is 20.3 Å². The fourth-order valence-electron chi connectivity index (χ4n) is 2.79. The van der Waals surface area contributed by atoms with Gasteiger partial charge in [0.15, 0.2) is 5.16 Å². The molecule has 1 fully saturated rings. The number of nitrogens with zero attached hydrogens (tertiary/aromatic N) is 3. The summed E-state index contributed by atoms with van der Waals surface area (Å²) in [6.45, 7) is 4.98. The van der Waals surface area contributed by atoms with E-state index in [1.165, 1.54) is 16.7 Å². The van der Waals surface area contributed by atoms with E-state index in [4.69, 9.17) is 11.6 Å². The summed E-state index contributed by atoms with van der Waals surface area (Å²) in [5.41, 5.74) is 0.338. The second kappa shape index (κ2) is 7.67. The molecule has 0 aliphatic carbocycles. The number of hydrogen-bond donors (Lipinski definition) is 1. The van der Waals surface area contributed by atoms with Gasteiger partial charge in [-0.1, -0.05) is 30.3 Å². The molecule has 1 aliphatic heterocycles. The summed E-state index contributed by atoms with van der Waals surface area (Å²) in [7, 11) is 0. The summed E-state index contributed by atoms with van der Waals surface area (Å²) < 4.78 is 1.58. The molecule has 0 unspecified atom stereocenters. The van der Waals surface area contributed by atoms with Crippen LogP contribution in [0.3, 0.4) is 0 Å². The van der Waals surface area contributed by atoms with Crippen molar-refractivity contribution in [3.8, 4) is 0 Å². The van der Waals surface area contributed by atoms with Crippen molar-refractivity contribution in [2.45, 2.75) is 37.2 Å². The molecule has 1 saturated heterocycles. The van der Waals surface area contributed by atoms with E-state index in [0.717, 1.165) is 6.42 Å². The van der Waals surface area contributed by atoms with E-state index in [0.29, 0.717) is 40.7 Å². The number of urea groups is 1. The molecule has 2 heterocycles. The molecule has 1 atom stereocenters. The van der Waals surface area contributed by atoms with Crippen molar-refractivity contribution >= 4 is 46.2 Å². The summed E-state index contributed by atoms with van der Waals surface area (Å²) in [6, 6.07) is 4.58. The van der Waals surface area contributed by atoms with Gasteiger partial charge in [-0.25, -0.2) is 9.78 Å². The number of imide groups is 1. The molecule has 0 spiro atoms. The number of amides is 3. The highest BCUT2D eigenvalue weighted by Gasteiger charge is 2.31. The van der Waals surface area contributed by atoms with Gasteiger partial charge < -0.3 is 5.32 Å². The zero-order valence-electron chi connectivity index (χ0n) is 14.5. The molecule has 0 bridgehead atoms. The number of aromatic nitrogens is 2. The van der Waals surface area contributed by atoms with Gasteiger partial charge in [0.05, 0.1) is 16.2 Å². The van der Waals surface area contributed by atoms with E-state index in [1.807, 2.05) is 6.92 Å². The van der Waals surface area contributed by atoms with Crippen molar-refractivity contribution in [3.05, 3.63) is 33.6 Å². The Kier molecular flexibility index (Phi) is 5.52. The van der Waals surface area contributed by atoms with Crippen LogP contribution in [0.5, 0.6) is 0 Å². The number of hydrogen-bond acceptors (Lipinski definition) is 5. The number of rotatable bonds is 5. The average Bonchev–Trinajstić information content (AvgIpc) is 3.03. The zero-order chi connectivity index (χ0) is 18.8. The summed E-state index contributed by atoms with van der Waals surface area (Å²) >= 11 is 7.20. The van der Waals surface area contributed by atoms with Crippen LogP contribution in [0, 0.1) is 0 Å². The normalized spacial score (nSPS) is 15.3. The molecule has 1 aromatic carbocycles. The maximum absolute atomic E-state index is 12.8. The van der Waals surface area contributed by atoms with E-state index < -0.39 is 5.25 Å². The highest BCUT2D eigenvalue weighted by Crippen LogP contribution is 2.25. The lowest BCUT2D eigenvalue weighted by atomic mass is 10.2. The third kappa shape index (κ3) is 3.57. The SMILES string of the molecule is CCCn1c(S[C@H](C)C(=O)N2CCNC2=O)nc2cc(Cl)ccc2c1=O. The van der Waals surface area contributed by atoms with Gasteiger partial charge in [0, 0.05) is 24.7 Å². The van der Waals surface area contributed by atoms with Crippen molar-refractivity contribution in [2.75, 3.05) is 13.1 Å². The first-order valence-corrected chi connectivity index (χ1v) is 9.64. The van der Waals surface area contributed by atoms with Crippen LogP contribution in [-0.4, -0.2) is 44.7 Å². The van der Waals surface area contributed by atoms with Crippen LogP contribution in [0.4, 0.5) is 4.79 Å². The molecule has 0 radical (unpaired) electrons. The number of carbonyl (C=O) groups excluding carboxylic acids is 2. The average molecular weight is 395 g/mol. The minimum absolute atomic E-state index is 0.158. The fraction of sp³-hybridized carbons (Fsp3) is 0.412. The molecule has 138 valence electrons. The number of carbonyl (C=O) groups is 2. The lowest BCUT2D eigenvalue weighted by Crippen LogP contribution is -2.39. The second-order valence-electron chi connectivity index (χ2n) is 5.99. The Hall–Kier alpha value is -2.06. The molecule has 1 N–H and O–H groups in total. The van der Waals surface area contributed by atoms with E-state index >= 15 is 0 Å². The first-order chi connectivity index (χ1) is 12.4. The summed E-state index contributed by atoms with van der Waals surface area (Å²) in [4.78, 5) is 42.8. The molecule has 7 nitrogen and oxygen atoms in total. The van der Waals surface area contributed by atoms with Gasteiger partial charge in [0.25, 0.3) is 5.56 Å². The van der Waals surface area contributed by atoms with Gasteiger partial charge in [-0.3, -0.25) is 19.1 Å². The molecule has 0 saturated carbocycles. The molecular weight excluding hydrogens is 376 g/mol. The zero-order valence-corrected chi connectivity index (χ0v) is 16.1. The first-order valence-electron chi connectivity index (χ1n) is 8.38. The maximum Gasteiger partial charge on any atom is 0.324 e. The lowest BCUT2D eigenvalue weighted by Gasteiger charge is -2.19. The molecule has 26 heavy (non-hydrogen) atoms. The van der Waals surface area contributed by atoms with Crippen LogP contribution >= 0.6 is 23.4 Å². The molecule has 3 amide bonds. The summed E-state index contributed by atoms with van der Waals surface area (Å²) in [5, 5.41) is 3.50. The van der Waals surface area contributed by atoms with Crippen molar-refractivity contribution in [1.29, 1.82) is 0 Å². The fourth-order valence-corrected chi connectivity index (χ4v) is 3.96. The second-order valence-corrected chi connectivity index (χ2v) is 7.74. The van der Waals surface area contributed by atoms with Gasteiger partial charge in [0.2, 0.25) is 5.91 Å². The molecule has 3 rings (SSSR count). The van der Waals surface area contributed by atoms with Crippen LogP contribution in [-0.2, 0) is 11.3 Å². The predicted octanol–water partition coefficient (Wildman–Crippen LogP) is 2.49. The van der Waals surface area contributed by atoms with Crippen LogP contribution in [0.15, 0.2) is 28.2 Å². The quantitative estimate of drug-likeness (QED) is 0.622. The van der Waals surface area contributed by atoms with Crippen molar-refractivity contribution < 1.29 is 9.59 Å². The number of nitrogens with one attached hydrogen (secondary N) is 1. The van der Waals surface area contributed by atoms with Crippen molar-refractivity contribution in [1.82, 2.24) is 19.8 Å². The maximum atomic E-state index is 12.8. The Labute approximate surface area is 159 Å². The first kappa shape index (κ1) is 18.7. The van der Waals surface area contributed by atoms with Gasteiger partial charge in [-0.2, -0.15) is 0 Å². The Morgan fingerprint density at radius 1 is 1.42 bits per heavy atom. The monoisotopic (exact) mass is 394 g/mol. The van der Waals surface area contributed by atoms with Gasteiger partial charge >= 0.3 is 6.03 Å². The topological polar surface area (TPSA) is 84.3 Å². The standard InChI is InChI=1S/C17H19ClN4O3S/c1-3-7-22-15(24)12-5-4-11(18)9-13(12)20-17(22)26-10(2)14(23)21-8-6-19-16(21)25/h4-5,9-10H,3,6-8H2,1-2H3,(H,19,25)/t10-/m1/s1. The number of benzene rings is 1. The Bertz CT molecular complexity index is 930. The minimum Gasteiger partial charge on any atom is -0.336 e. The van der Waals surface area contributed by atoms with Crippen LogP contribution in [0.25, 0.3) is 10.9 Å². The summed E-state index contributed by atoms with van der Waals surface area (Å²) in [5.74, 6) is -0.298. The van der Waals surface area contributed by atoms with Crippen LogP contribution < -0.4 is 10.9 Å². The van der Waals surface area contributed by atoms with Crippen LogP contribution in [0.2, 0.25) is 5.02 Å². The van der Waals surface area contributed by atoms with E-state index in [-0.39, 0.29) is 17.5 Å². The Balaban J connectivity index is 1.97. The Morgan fingerprint density at radius 2 is 2.19 bits per heavy atom. The van der Waals surface area contributed by atoms with E-state index in [2.05, 4.69) is 10.3 Å². The van der Waals surface area contributed by atoms with E-state index in [1.54, 1.807) is 29.7 Å². The van der Waals surface area contributed by atoms with Crippen molar-refractivity contribution in [3.63, 3.8) is 0 Å². The number of halogens is 1. The minimum atomic E-state index is -0.550. The summed E-state index contributed by atoms with van der Waals surface area (Å²) in [6.07, 6.45) is 0.755. The third-order valence-electron chi connectivity index (χ3n) is 4.08. The molecule has 9 heteroatoms. The van der Waals surface area contributed by atoms with Gasteiger partial charge in [-0.05, 0) is 31.5 Å². The van der Waals surface area contributed by atoms with Crippen molar-refractivity contribution in [2.24, 2.45) is 0 Å². The lowest BCUT2D eigenvalue weighted by molar-refractivity contribution is -0.126. The smallest absolute Gasteiger partial charge is 0.324 e. The Morgan fingerprint density at radius 3 is 2.85 bits per heavy atom. The molecule has 1 aliphatic rings.